The minimum atomic E-state index is -1.00. The van der Waals surface area contributed by atoms with E-state index < -0.39 is 11.9 Å². The predicted octanol–water partition coefficient (Wildman–Crippen LogP) is 7.96. The molecule has 5 rings (SSSR count). The molecule has 9 heteroatoms. The fourth-order valence-electron chi connectivity index (χ4n) is 6.60. The lowest BCUT2D eigenvalue weighted by atomic mass is 9.63. The summed E-state index contributed by atoms with van der Waals surface area (Å²) in [5.41, 5.74) is 3.50. The average Bonchev–Trinajstić information content (AvgIpc) is 2.88. The highest BCUT2D eigenvalue weighted by Crippen LogP contribution is 2.55. The second kappa shape index (κ2) is 11.9. The lowest BCUT2D eigenvalue weighted by Gasteiger charge is -2.48. The number of aliphatic carboxylic acids is 1. The molecule has 0 unspecified atom stereocenters. The third kappa shape index (κ3) is 6.48. The zero-order valence-electron chi connectivity index (χ0n) is 25.2. The van der Waals surface area contributed by atoms with Crippen LogP contribution in [0.2, 0.25) is 0 Å². The first-order valence-electron chi connectivity index (χ1n) is 14.5. The van der Waals surface area contributed by atoms with Crippen molar-refractivity contribution in [3.05, 3.63) is 79.0 Å². The third-order valence-electron chi connectivity index (χ3n) is 8.28. The molecule has 0 bridgehead atoms. The maximum absolute atomic E-state index is 14.0. The molecule has 0 saturated heterocycles. The van der Waals surface area contributed by atoms with E-state index >= 15 is 0 Å². The molecule has 2 aliphatic carbocycles. The second-order valence-electron chi connectivity index (χ2n) is 13.2. The molecule has 0 aromatic heterocycles. The number of hydrogen-bond donors (Lipinski definition) is 1. The van der Waals surface area contributed by atoms with Gasteiger partial charge in [0.25, 0.3) is 0 Å². The minimum absolute atomic E-state index is 0.0551. The maximum atomic E-state index is 14.0. The van der Waals surface area contributed by atoms with Crippen molar-refractivity contribution in [2.24, 2.45) is 10.8 Å². The van der Waals surface area contributed by atoms with Gasteiger partial charge in [0, 0.05) is 45.8 Å². The number of benzene rings is 2. The molecule has 2 aromatic carbocycles. The largest absolute Gasteiger partial charge is 0.490 e. The van der Waals surface area contributed by atoms with Crippen molar-refractivity contribution in [1.82, 2.24) is 4.90 Å². The number of allylic oxidation sites excluding steroid dienone is 4. The highest BCUT2D eigenvalue weighted by Gasteiger charge is 2.49. The summed E-state index contributed by atoms with van der Waals surface area (Å²) in [4.78, 5) is 41.9. The first-order valence-corrected chi connectivity index (χ1v) is 16.1. The molecule has 1 heterocycles. The van der Waals surface area contributed by atoms with Crippen LogP contribution in [-0.4, -0.2) is 40.7 Å². The van der Waals surface area contributed by atoms with Crippen molar-refractivity contribution in [3.8, 4) is 11.5 Å². The monoisotopic (exact) mass is 713 g/mol. The molecule has 3 aliphatic rings. The summed E-state index contributed by atoms with van der Waals surface area (Å²) in [6, 6.07) is 11.7. The normalized spacial score (nSPS) is 19.7. The summed E-state index contributed by atoms with van der Waals surface area (Å²) in [6.07, 6.45) is 1.72. The molecule has 2 aromatic rings. The average molecular weight is 715 g/mol. The van der Waals surface area contributed by atoms with E-state index in [4.69, 9.17) is 9.47 Å². The molecular formula is C34H37Br2NO6. The molecule has 43 heavy (non-hydrogen) atoms. The summed E-state index contributed by atoms with van der Waals surface area (Å²) in [6.45, 7) is 10.4. The van der Waals surface area contributed by atoms with Gasteiger partial charge in [-0.1, -0.05) is 55.8 Å². The van der Waals surface area contributed by atoms with Crippen molar-refractivity contribution in [3.63, 3.8) is 0 Å². The van der Waals surface area contributed by atoms with Gasteiger partial charge in [-0.2, -0.15) is 0 Å². The van der Waals surface area contributed by atoms with Crippen LogP contribution in [0.5, 0.6) is 11.5 Å². The second-order valence-corrected chi connectivity index (χ2v) is 15.0. The topological polar surface area (TPSA) is 93.1 Å². The Morgan fingerprint density at radius 1 is 0.907 bits per heavy atom. The Labute approximate surface area is 269 Å². The predicted molar refractivity (Wildman–Crippen MR) is 171 cm³/mol. The van der Waals surface area contributed by atoms with Crippen LogP contribution >= 0.6 is 31.9 Å². The van der Waals surface area contributed by atoms with Gasteiger partial charge in [0.15, 0.2) is 23.1 Å². The van der Waals surface area contributed by atoms with Crippen LogP contribution in [0.1, 0.15) is 77.3 Å². The molecule has 1 aliphatic heterocycles. The van der Waals surface area contributed by atoms with Crippen LogP contribution in [0.4, 0.5) is 0 Å². The number of carboxylic acid groups (broad SMARTS) is 1. The molecule has 7 nitrogen and oxygen atoms in total. The Bertz CT molecular complexity index is 1500. The Morgan fingerprint density at radius 3 is 1.98 bits per heavy atom. The van der Waals surface area contributed by atoms with Gasteiger partial charge in [0.2, 0.25) is 0 Å². The number of Topliss-reactive ketones (excluding diaryl/α,β-unsaturated/α-hetero) is 2. The summed E-state index contributed by atoms with van der Waals surface area (Å²) in [7, 11) is 0. The van der Waals surface area contributed by atoms with Gasteiger partial charge in [-0.25, -0.2) is 0 Å². The number of carbonyl (C=O) groups excluding carboxylic acids is 2. The van der Waals surface area contributed by atoms with E-state index in [1.165, 1.54) is 0 Å². The number of ketones is 2. The zero-order chi connectivity index (χ0) is 31.3. The van der Waals surface area contributed by atoms with E-state index in [0.717, 1.165) is 15.6 Å². The molecule has 0 amide bonds. The number of hydrogen-bond acceptors (Lipinski definition) is 6. The van der Waals surface area contributed by atoms with E-state index in [0.29, 0.717) is 77.4 Å². The van der Waals surface area contributed by atoms with Crippen LogP contribution in [0.3, 0.4) is 0 Å². The van der Waals surface area contributed by atoms with Crippen LogP contribution in [0.15, 0.2) is 67.9 Å². The lowest BCUT2D eigenvalue weighted by Crippen LogP contribution is -2.45. The molecule has 0 radical (unpaired) electrons. The number of nitrogens with zero attached hydrogens (tertiary/aromatic N) is 1. The summed E-state index contributed by atoms with van der Waals surface area (Å²) >= 11 is 7.16. The Balaban J connectivity index is 1.67. The van der Waals surface area contributed by atoms with Crippen molar-refractivity contribution in [2.75, 3.05) is 13.2 Å². The number of rotatable bonds is 8. The fraction of sp³-hybridized carbons (Fsp3) is 0.441. The van der Waals surface area contributed by atoms with Gasteiger partial charge >= 0.3 is 5.97 Å². The molecule has 0 atom stereocenters. The van der Waals surface area contributed by atoms with Gasteiger partial charge < -0.3 is 19.5 Å². The maximum Gasteiger partial charge on any atom is 0.323 e. The van der Waals surface area contributed by atoms with Crippen molar-refractivity contribution < 1.29 is 29.0 Å². The smallest absolute Gasteiger partial charge is 0.323 e. The Morgan fingerprint density at radius 2 is 1.47 bits per heavy atom. The zero-order valence-corrected chi connectivity index (χ0v) is 28.4. The van der Waals surface area contributed by atoms with E-state index in [-0.39, 0.29) is 28.9 Å². The molecule has 1 N–H and O–H groups in total. The van der Waals surface area contributed by atoms with E-state index in [9.17, 15) is 19.5 Å². The summed E-state index contributed by atoms with van der Waals surface area (Å²) in [5.74, 6) is -0.697. The molecular weight excluding hydrogens is 678 g/mol. The van der Waals surface area contributed by atoms with Gasteiger partial charge in [0.05, 0.1) is 11.1 Å². The van der Waals surface area contributed by atoms with E-state index in [1.54, 1.807) is 4.90 Å². The molecule has 0 saturated carbocycles. The van der Waals surface area contributed by atoms with Crippen molar-refractivity contribution >= 4 is 49.4 Å². The minimum Gasteiger partial charge on any atom is -0.490 e. The lowest BCUT2D eigenvalue weighted by molar-refractivity contribution is -0.138. The van der Waals surface area contributed by atoms with Crippen LogP contribution in [0.25, 0.3) is 0 Å². The van der Waals surface area contributed by atoms with Crippen molar-refractivity contribution in [2.45, 2.75) is 72.8 Å². The number of carboxylic acids is 1. The van der Waals surface area contributed by atoms with Gasteiger partial charge in [0.1, 0.15) is 13.2 Å². The SMILES string of the molecule is CCOc1cc(C2C3=C(CC(C)(C)CC3=O)N(CC(=O)O)C3=C2C(=O)CC(C)(C)C3)cc(Br)c1OCc1ccc(Br)cc1. The fourth-order valence-corrected chi connectivity index (χ4v) is 7.44. The number of carbonyl (C=O) groups is 3. The van der Waals surface area contributed by atoms with Crippen LogP contribution in [-0.2, 0) is 21.0 Å². The van der Waals surface area contributed by atoms with Gasteiger partial charge in [-0.15, -0.1) is 0 Å². The van der Waals surface area contributed by atoms with E-state index in [1.807, 2.05) is 71.0 Å². The van der Waals surface area contributed by atoms with E-state index in [2.05, 4.69) is 31.9 Å². The third-order valence-corrected chi connectivity index (χ3v) is 9.39. The van der Waals surface area contributed by atoms with Gasteiger partial charge in [-0.3, -0.25) is 14.4 Å². The Hall–Kier alpha value is -2.91. The molecule has 0 fully saturated rings. The van der Waals surface area contributed by atoms with Crippen LogP contribution in [0, 0.1) is 10.8 Å². The standard InChI is InChI=1S/C34H37Br2NO6/c1-6-42-27-12-20(11-22(36)32(27)43-18-19-7-9-21(35)10-8-19)29-30-23(13-33(2,3)15-25(30)38)37(17-28(40)41)24-14-34(4,5)16-26(39)31(24)29/h7-12,29H,6,13-18H2,1-5H3,(H,40,41). The summed E-state index contributed by atoms with van der Waals surface area (Å²) in [5, 5.41) is 9.93. The summed E-state index contributed by atoms with van der Waals surface area (Å²) < 4.78 is 13.9. The highest BCUT2D eigenvalue weighted by molar-refractivity contribution is 9.10. The molecule has 228 valence electrons. The first-order chi connectivity index (χ1) is 20.2. The van der Waals surface area contributed by atoms with Crippen LogP contribution < -0.4 is 9.47 Å². The number of halogens is 2. The first kappa shape index (κ1) is 31.5. The quantitative estimate of drug-likeness (QED) is 0.297. The highest BCUT2D eigenvalue weighted by atomic mass is 79.9. The molecule has 0 spiro atoms. The van der Waals surface area contributed by atoms with Crippen molar-refractivity contribution in [1.29, 1.82) is 0 Å². The number of ether oxygens (including phenoxy) is 2. The van der Waals surface area contributed by atoms with Gasteiger partial charge in [-0.05, 0) is 81.9 Å². The Kier molecular flexibility index (Phi) is 8.71.